The Morgan fingerprint density at radius 3 is 2.75 bits per heavy atom. The number of carbonyl (C=O) groups is 2. The van der Waals surface area contributed by atoms with E-state index in [2.05, 4.69) is 5.32 Å². The Morgan fingerprint density at radius 2 is 2.33 bits per heavy atom. The van der Waals surface area contributed by atoms with Crippen molar-refractivity contribution in [2.24, 2.45) is 0 Å². The fourth-order valence-electron chi connectivity index (χ4n) is 1.20. The summed E-state index contributed by atoms with van der Waals surface area (Å²) in [7, 11) is 1.60. The van der Waals surface area contributed by atoms with E-state index in [1.165, 1.54) is 11.8 Å². The Morgan fingerprint density at radius 1 is 1.75 bits per heavy atom. The van der Waals surface area contributed by atoms with Gasteiger partial charge in [-0.25, -0.2) is 4.79 Å². The lowest BCUT2D eigenvalue weighted by Crippen LogP contribution is -2.65. The number of aliphatic carboxylic acids is 1. The van der Waals surface area contributed by atoms with Crippen LogP contribution in [0.4, 0.5) is 0 Å². The molecule has 68 valence electrons. The fourth-order valence-corrected chi connectivity index (χ4v) is 1.20. The summed E-state index contributed by atoms with van der Waals surface area (Å²) in [6.45, 7) is 2.46. The third kappa shape index (κ3) is 1.16. The molecule has 0 radical (unpaired) electrons. The van der Waals surface area contributed by atoms with E-state index >= 15 is 0 Å². The number of likely N-dealkylation sites (N-methyl/N-ethyl adjacent to an activating group) is 1. The van der Waals surface area contributed by atoms with Gasteiger partial charge in [0.05, 0.1) is 0 Å². The van der Waals surface area contributed by atoms with Gasteiger partial charge in [-0.15, -0.1) is 0 Å². The van der Waals surface area contributed by atoms with E-state index in [9.17, 15) is 9.59 Å². The molecule has 1 aliphatic rings. The van der Waals surface area contributed by atoms with Crippen molar-refractivity contribution in [2.45, 2.75) is 12.5 Å². The largest absolute Gasteiger partial charge is 0.479 e. The quantitative estimate of drug-likeness (QED) is 0.492. The van der Waals surface area contributed by atoms with Gasteiger partial charge in [0.1, 0.15) is 0 Å². The number of carboxylic acids is 1. The van der Waals surface area contributed by atoms with Crippen LogP contribution in [0.25, 0.3) is 0 Å². The maximum atomic E-state index is 11.4. The van der Waals surface area contributed by atoms with Crippen LogP contribution < -0.4 is 5.32 Å². The van der Waals surface area contributed by atoms with Gasteiger partial charge in [0.15, 0.2) is 5.54 Å². The molecule has 1 amide bonds. The van der Waals surface area contributed by atoms with Crippen molar-refractivity contribution in [1.29, 1.82) is 0 Å². The highest BCUT2D eigenvalue weighted by molar-refractivity contribution is 6.06. The normalized spacial score (nSPS) is 30.5. The third-order valence-corrected chi connectivity index (χ3v) is 2.13. The molecule has 0 aromatic carbocycles. The smallest absolute Gasteiger partial charge is 0.333 e. The summed E-state index contributed by atoms with van der Waals surface area (Å²) >= 11 is 0. The van der Waals surface area contributed by atoms with Crippen molar-refractivity contribution in [3.8, 4) is 0 Å². The SMILES string of the molecule is CN1CCNC(C)(C(=O)O)C1=O. The molecule has 1 aliphatic heterocycles. The molecule has 1 rings (SSSR count). The standard InChI is InChI=1S/C7H12N2O3/c1-7(6(11)12)5(10)9(2)4-3-8-7/h8H,3-4H2,1-2H3,(H,11,12). The molecule has 5 heteroatoms. The van der Waals surface area contributed by atoms with Gasteiger partial charge < -0.3 is 10.0 Å². The highest BCUT2D eigenvalue weighted by Gasteiger charge is 2.45. The van der Waals surface area contributed by atoms with Crippen molar-refractivity contribution < 1.29 is 14.7 Å². The molecule has 1 fully saturated rings. The summed E-state index contributed by atoms with van der Waals surface area (Å²) in [5.41, 5.74) is -1.44. The maximum absolute atomic E-state index is 11.4. The molecule has 0 aliphatic carbocycles. The van der Waals surface area contributed by atoms with E-state index in [1.807, 2.05) is 0 Å². The number of hydrogen-bond donors (Lipinski definition) is 2. The van der Waals surface area contributed by atoms with E-state index in [0.29, 0.717) is 13.1 Å². The van der Waals surface area contributed by atoms with E-state index in [4.69, 9.17) is 5.11 Å². The Kier molecular flexibility index (Phi) is 2.06. The first kappa shape index (κ1) is 8.99. The topological polar surface area (TPSA) is 69.6 Å². The van der Waals surface area contributed by atoms with Gasteiger partial charge in [0, 0.05) is 20.1 Å². The lowest BCUT2D eigenvalue weighted by molar-refractivity contribution is -0.156. The Balaban J connectivity index is 2.89. The second-order valence-electron chi connectivity index (χ2n) is 3.08. The molecule has 5 nitrogen and oxygen atoms in total. The fraction of sp³-hybridized carbons (Fsp3) is 0.714. The van der Waals surface area contributed by atoms with Crippen molar-refractivity contribution in [3.05, 3.63) is 0 Å². The lowest BCUT2D eigenvalue weighted by atomic mass is 9.99. The number of piperazine rings is 1. The Labute approximate surface area is 70.4 Å². The van der Waals surface area contributed by atoms with Crippen LogP contribution in [0.5, 0.6) is 0 Å². The van der Waals surface area contributed by atoms with E-state index in [1.54, 1.807) is 7.05 Å². The molecule has 0 spiro atoms. The lowest BCUT2D eigenvalue weighted by Gasteiger charge is -2.35. The van der Waals surface area contributed by atoms with Gasteiger partial charge in [-0.1, -0.05) is 0 Å². The van der Waals surface area contributed by atoms with Crippen LogP contribution in [0.3, 0.4) is 0 Å². The molecule has 0 aromatic heterocycles. The summed E-state index contributed by atoms with van der Waals surface area (Å²) in [6.07, 6.45) is 0. The molecule has 0 saturated carbocycles. The van der Waals surface area contributed by atoms with Crippen LogP contribution >= 0.6 is 0 Å². The highest BCUT2D eigenvalue weighted by atomic mass is 16.4. The summed E-state index contributed by atoms with van der Waals surface area (Å²) < 4.78 is 0. The number of carbonyl (C=O) groups excluding carboxylic acids is 1. The summed E-state index contributed by atoms with van der Waals surface area (Å²) in [5.74, 6) is -1.51. The second-order valence-corrected chi connectivity index (χ2v) is 3.08. The minimum atomic E-state index is -1.44. The number of amides is 1. The predicted octanol–water partition coefficient (Wildman–Crippen LogP) is -1.11. The average molecular weight is 172 g/mol. The first-order chi connectivity index (χ1) is 5.48. The van der Waals surface area contributed by atoms with Gasteiger partial charge >= 0.3 is 5.97 Å². The predicted molar refractivity (Wildman–Crippen MR) is 41.7 cm³/mol. The molecular weight excluding hydrogens is 160 g/mol. The van der Waals surface area contributed by atoms with Crippen LogP contribution in [0.15, 0.2) is 0 Å². The van der Waals surface area contributed by atoms with E-state index in [0.717, 1.165) is 0 Å². The number of nitrogens with zero attached hydrogens (tertiary/aromatic N) is 1. The zero-order valence-corrected chi connectivity index (χ0v) is 7.13. The van der Waals surface area contributed by atoms with Crippen LogP contribution in [-0.4, -0.2) is 47.6 Å². The zero-order valence-electron chi connectivity index (χ0n) is 7.13. The zero-order chi connectivity index (χ0) is 9.35. The van der Waals surface area contributed by atoms with Gasteiger partial charge in [-0.3, -0.25) is 10.1 Å². The molecule has 0 aromatic rings. The Hall–Kier alpha value is -1.10. The van der Waals surface area contributed by atoms with Gasteiger partial charge in [-0.2, -0.15) is 0 Å². The van der Waals surface area contributed by atoms with Crippen molar-refractivity contribution >= 4 is 11.9 Å². The molecule has 1 atom stereocenters. The van der Waals surface area contributed by atoms with Gasteiger partial charge in [0.25, 0.3) is 5.91 Å². The minimum absolute atomic E-state index is 0.388. The van der Waals surface area contributed by atoms with Crippen LogP contribution in [0.2, 0.25) is 0 Å². The van der Waals surface area contributed by atoms with Gasteiger partial charge in [-0.05, 0) is 6.92 Å². The summed E-state index contributed by atoms with van der Waals surface area (Å²) in [5, 5.41) is 11.5. The van der Waals surface area contributed by atoms with Crippen molar-refractivity contribution in [3.63, 3.8) is 0 Å². The first-order valence-corrected chi connectivity index (χ1v) is 3.72. The monoisotopic (exact) mass is 172 g/mol. The third-order valence-electron chi connectivity index (χ3n) is 2.13. The van der Waals surface area contributed by atoms with E-state index in [-0.39, 0.29) is 5.91 Å². The molecule has 1 saturated heterocycles. The second kappa shape index (κ2) is 2.75. The van der Waals surface area contributed by atoms with Crippen LogP contribution in [0, 0.1) is 0 Å². The first-order valence-electron chi connectivity index (χ1n) is 3.72. The summed E-state index contributed by atoms with van der Waals surface area (Å²) in [6, 6.07) is 0. The Bertz CT molecular complexity index is 229. The summed E-state index contributed by atoms with van der Waals surface area (Å²) in [4.78, 5) is 23.5. The number of hydrogen-bond acceptors (Lipinski definition) is 3. The van der Waals surface area contributed by atoms with Crippen molar-refractivity contribution in [2.75, 3.05) is 20.1 Å². The van der Waals surface area contributed by atoms with Crippen molar-refractivity contribution in [1.82, 2.24) is 10.2 Å². The molecule has 1 unspecified atom stereocenters. The van der Waals surface area contributed by atoms with Crippen LogP contribution in [-0.2, 0) is 9.59 Å². The number of carboxylic acid groups (broad SMARTS) is 1. The number of rotatable bonds is 1. The molecule has 0 bridgehead atoms. The van der Waals surface area contributed by atoms with Crippen LogP contribution in [0.1, 0.15) is 6.92 Å². The van der Waals surface area contributed by atoms with Gasteiger partial charge in [0.2, 0.25) is 0 Å². The molecule has 2 N–H and O–H groups in total. The minimum Gasteiger partial charge on any atom is -0.479 e. The average Bonchev–Trinajstić information content (AvgIpc) is 2.00. The molecule has 12 heavy (non-hydrogen) atoms. The number of nitrogens with one attached hydrogen (secondary N) is 1. The molecule has 1 heterocycles. The van der Waals surface area contributed by atoms with E-state index < -0.39 is 11.5 Å². The molecular formula is C7H12N2O3. The highest BCUT2D eigenvalue weighted by Crippen LogP contribution is 2.11. The maximum Gasteiger partial charge on any atom is 0.333 e.